The molecule has 0 aliphatic heterocycles. The summed E-state index contributed by atoms with van der Waals surface area (Å²) in [6, 6.07) is 12.4. The van der Waals surface area contributed by atoms with E-state index in [-0.39, 0.29) is 23.0 Å². The first-order chi connectivity index (χ1) is 17.9. The number of ether oxygens (including phenoxy) is 3. The van der Waals surface area contributed by atoms with Gasteiger partial charge in [-0.2, -0.15) is 0 Å². The van der Waals surface area contributed by atoms with Gasteiger partial charge in [-0.25, -0.2) is 18.6 Å². The molecule has 0 saturated carbocycles. The molecule has 0 spiro atoms. The molecule has 1 N–H and O–H groups in total. The standard InChI is InChI=1S/C28H26F2N2O6/c1-16(23(18-6-10-20(29)11-7-18)19-8-12-21(30)13-9-19)37-27(35)28(3,4)32-26(34)24-25(38-17(2)33)22(36-5)14-15-31-24/h6-15H,1-5H3,(H,32,34). The van der Waals surface area contributed by atoms with E-state index in [4.69, 9.17) is 14.2 Å². The number of nitrogens with one attached hydrogen (secondary N) is 1. The van der Waals surface area contributed by atoms with Crippen LogP contribution in [0.15, 0.2) is 66.6 Å². The Morgan fingerprint density at radius 1 is 0.868 bits per heavy atom. The number of rotatable bonds is 8. The molecular weight excluding hydrogens is 498 g/mol. The van der Waals surface area contributed by atoms with Gasteiger partial charge in [0.05, 0.1) is 7.11 Å². The second kappa shape index (κ2) is 11.6. The van der Waals surface area contributed by atoms with Crippen molar-refractivity contribution in [2.75, 3.05) is 7.11 Å². The molecule has 0 aliphatic carbocycles. The number of pyridine rings is 1. The molecule has 1 heterocycles. The fourth-order valence-corrected chi connectivity index (χ4v) is 3.51. The van der Waals surface area contributed by atoms with Crippen molar-refractivity contribution < 1.29 is 37.4 Å². The van der Waals surface area contributed by atoms with E-state index in [1.807, 2.05) is 0 Å². The molecule has 2 aromatic carbocycles. The minimum absolute atomic E-state index is 0.0998. The highest BCUT2D eigenvalue weighted by Crippen LogP contribution is 2.31. The van der Waals surface area contributed by atoms with Crippen LogP contribution in [0.4, 0.5) is 8.78 Å². The summed E-state index contributed by atoms with van der Waals surface area (Å²) in [5.41, 5.74) is -0.376. The van der Waals surface area contributed by atoms with Crippen LogP contribution in [0, 0.1) is 11.6 Å². The van der Waals surface area contributed by atoms with Crippen LogP contribution in [-0.2, 0) is 14.3 Å². The van der Waals surface area contributed by atoms with Gasteiger partial charge < -0.3 is 19.5 Å². The molecule has 0 fully saturated rings. The maximum Gasteiger partial charge on any atom is 0.336 e. The topological polar surface area (TPSA) is 104 Å². The second-order valence-electron chi connectivity index (χ2n) is 8.70. The summed E-state index contributed by atoms with van der Waals surface area (Å²) in [6.07, 6.45) is 1.29. The Bertz CT molecular complexity index is 1340. The van der Waals surface area contributed by atoms with Crippen LogP contribution in [0.1, 0.15) is 49.3 Å². The number of hydrogen-bond donors (Lipinski definition) is 1. The molecule has 3 rings (SSSR count). The largest absolute Gasteiger partial charge is 0.493 e. The van der Waals surface area contributed by atoms with Crippen LogP contribution in [0.2, 0.25) is 0 Å². The van der Waals surface area contributed by atoms with Gasteiger partial charge in [-0.05, 0) is 56.2 Å². The number of methoxy groups -OCH3 is 1. The lowest BCUT2D eigenvalue weighted by Crippen LogP contribution is -2.50. The Morgan fingerprint density at radius 3 is 1.87 bits per heavy atom. The molecule has 0 bridgehead atoms. The minimum Gasteiger partial charge on any atom is -0.493 e. The number of amides is 1. The summed E-state index contributed by atoms with van der Waals surface area (Å²) in [6.45, 7) is 5.52. The Labute approximate surface area is 218 Å². The first-order valence-electron chi connectivity index (χ1n) is 11.4. The third kappa shape index (κ3) is 6.58. The summed E-state index contributed by atoms with van der Waals surface area (Å²) in [5.74, 6) is -3.22. The van der Waals surface area contributed by atoms with E-state index < -0.39 is 35.0 Å². The highest BCUT2D eigenvalue weighted by atomic mass is 19.1. The van der Waals surface area contributed by atoms with Crippen molar-refractivity contribution in [3.05, 3.63) is 95.0 Å². The quantitative estimate of drug-likeness (QED) is 0.333. The Kier molecular flexibility index (Phi) is 8.57. The van der Waals surface area contributed by atoms with Gasteiger partial charge in [-0.1, -0.05) is 24.3 Å². The molecule has 0 radical (unpaired) electrons. The molecule has 10 heteroatoms. The Morgan fingerprint density at radius 2 is 1.39 bits per heavy atom. The molecule has 0 saturated heterocycles. The lowest BCUT2D eigenvalue weighted by Gasteiger charge is -2.25. The third-order valence-electron chi connectivity index (χ3n) is 5.35. The van der Waals surface area contributed by atoms with E-state index >= 15 is 0 Å². The molecule has 8 nitrogen and oxygen atoms in total. The fraction of sp³-hybridized carbons (Fsp3) is 0.214. The number of esters is 2. The maximum atomic E-state index is 13.5. The molecular formula is C28H26F2N2O6. The molecule has 1 amide bonds. The van der Waals surface area contributed by atoms with Crippen LogP contribution in [0.25, 0.3) is 5.57 Å². The fourth-order valence-electron chi connectivity index (χ4n) is 3.51. The van der Waals surface area contributed by atoms with Gasteiger partial charge in [-0.15, -0.1) is 0 Å². The van der Waals surface area contributed by atoms with Crippen LogP contribution in [0.3, 0.4) is 0 Å². The minimum atomic E-state index is -1.58. The van der Waals surface area contributed by atoms with Crippen LogP contribution in [-0.4, -0.2) is 35.5 Å². The highest BCUT2D eigenvalue weighted by Gasteiger charge is 2.34. The Hall–Kier alpha value is -4.60. The van der Waals surface area contributed by atoms with Crippen molar-refractivity contribution in [2.24, 2.45) is 0 Å². The third-order valence-corrected chi connectivity index (χ3v) is 5.35. The Balaban J connectivity index is 1.92. The number of allylic oxidation sites excluding steroid dienone is 1. The summed E-state index contributed by atoms with van der Waals surface area (Å²) in [7, 11) is 1.33. The van der Waals surface area contributed by atoms with E-state index in [2.05, 4.69) is 10.3 Å². The van der Waals surface area contributed by atoms with E-state index in [0.717, 1.165) is 6.92 Å². The van der Waals surface area contributed by atoms with Crippen molar-refractivity contribution in [1.82, 2.24) is 10.3 Å². The smallest absolute Gasteiger partial charge is 0.336 e. The molecule has 38 heavy (non-hydrogen) atoms. The van der Waals surface area contributed by atoms with Crippen molar-refractivity contribution in [2.45, 2.75) is 33.2 Å². The number of halogens is 2. The predicted octanol–water partition coefficient (Wildman–Crippen LogP) is 4.82. The number of hydrogen-bond acceptors (Lipinski definition) is 7. The van der Waals surface area contributed by atoms with Crippen molar-refractivity contribution in [3.8, 4) is 11.5 Å². The van der Waals surface area contributed by atoms with Gasteiger partial charge in [0, 0.05) is 24.8 Å². The number of benzene rings is 2. The SMILES string of the molecule is COc1ccnc(C(=O)NC(C)(C)C(=O)OC(C)=C(c2ccc(F)cc2)c2ccc(F)cc2)c1OC(C)=O. The van der Waals surface area contributed by atoms with E-state index in [0.29, 0.717) is 16.7 Å². The highest BCUT2D eigenvalue weighted by molar-refractivity contribution is 6.00. The lowest BCUT2D eigenvalue weighted by molar-refractivity contribution is -0.145. The van der Waals surface area contributed by atoms with Gasteiger partial charge in [0.25, 0.3) is 5.91 Å². The first kappa shape index (κ1) is 28.0. The molecule has 3 aromatic rings. The van der Waals surface area contributed by atoms with Gasteiger partial charge >= 0.3 is 11.9 Å². The average molecular weight is 525 g/mol. The normalized spacial score (nSPS) is 10.8. The van der Waals surface area contributed by atoms with Crippen LogP contribution in [0.5, 0.6) is 11.5 Å². The van der Waals surface area contributed by atoms with Crippen molar-refractivity contribution in [1.29, 1.82) is 0 Å². The van der Waals surface area contributed by atoms with Gasteiger partial charge in [0.15, 0.2) is 11.4 Å². The first-order valence-corrected chi connectivity index (χ1v) is 11.4. The molecule has 0 aliphatic rings. The summed E-state index contributed by atoms with van der Waals surface area (Å²) >= 11 is 0. The number of carbonyl (C=O) groups is 3. The molecule has 0 atom stereocenters. The zero-order valence-corrected chi connectivity index (χ0v) is 21.4. The summed E-state index contributed by atoms with van der Waals surface area (Å²) in [5, 5.41) is 2.53. The number of aromatic nitrogens is 1. The van der Waals surface area contributed by atoms with E-state index in [1.165, 1.54) is 88.7 Å². The summed E-state index contributed by atoms with van der Waals surface area (Å²) in [4.78, 5) is 41.8. The van der Waals surface area contributed by atoms with Gasteiger partial charge in [0.2, 0.25) is 5.75 Å². The zero-order valence-electron chi connectivity index (χ0n) is 21.4. The predicted molar refractivity (Wildman–Crippen MR) is 134 cm³/mol. The average Bonchev–Trinajstić information content (AvgIpc) is 2.86. The zero-order chi connectivity index (χ0) is 28.0. The molecule has 0 unspecified atom stereocenters. The molecule has 1 aromatic heterocycles. The van der Waals surface area contributed by atoms with Crippen molar-refractivity contribution in [3.63, 3.8) is 0 Å². The van der Waals surface area contributed by atoms with E-state index in [9.17, 15) is 23.2 Å². The lowest BCUT2D eigenvalue weighted by atomic mass is 9.96. The van der Waals surface area contributed by atoms with Crippen LogP contribution < -0.4 is 14.8 Å². The van der Waals surface area contributed by atoms with Gasteiger partial charge in [0.1, 0.15) is 22.9 Å². The second-order valence-corrected chi connectivity index (χ2v) is 8.70. The maximum absolute atomic E-state index is 13.5. The van der Waals surface area contributed by atoms with Crippen LogP contribution >= 0.6 is 0 Å². The monoisotopic (exact) mass is 524 g/mol. The number of carbonyl (C=O) groups excluding carboxylic acids is 3. The molecule has 198 valence electrons. The van der Waals surface area contributed by atoms with E-state index in [1.54, 1.807) is 0 Å². The van der Waals surface area contributed by atoms with Gasteiger partial charge in [-0.3, -0.25) is 9.59 Å². The summed E-state index contributed by atoms with van der Waals surface area (Å²) < 4.78 is 43.0. The number of nitrogens with zero attached hydrogens (tertiary/aromatic N) is 1. The van der Waals surface area contributed by atoms with Crippen molar-refractivity contribution >= 4 is 23.4 Å².